The second-order valence-corrected chi connectivity index (χ2v) is 19.4. The number of hydrogen-bond acceptors (Lipinski definition) is 3. The van der Waals surface area contributed by atoms with Gasteiger partial charge in [0, 0.05) is 38.2 Å². The number of pyridine rings is 3. The molecule has 3 heterocycles. The number of hydrogen-bond donors (Lipinski definition) is 0. The largest absolute Gasteiger partial charge is 0.247 e. The van der Waals surface area contributed by atoms with Gasteiger partial charge in [-0.3, -0.25) is 0 Å². The van der Waals surface area contributed by atoms with Gasteiger partial charge in [-0.2, -0.15) is 0 Å². The van der Waals surface area contributed by atoms with Crippen LogP contribution < -0.4 is 0 Å². The zero-order valence-corrected chi connectivity index (χ0v) is 39.7. The summed E-state index contributed by atoms with van der Waals surface area (Å²) in [6.45, 7) is 0. The molecule has 338 valence electrons. The van der Waals surface area contributed by atoms with E-state index >= 15 is 0 Å². The second-order valence-electron chi connectivity index (χ2n) is 19.4. The first-order valence-electron chi connectivity index (χ1n) is 25.1. The van der Waals surface area contributed by atoms with Crippen LogP contribution in [0.4, 0.5) is 0 Å². The number of nitrogens with zero attached hydrogens (tertiary/aromatic N) is 3. The summed E-state index contributed by atoms with van der Waals surface area (Å²) in [4.78, 5) is 15.9. The highest BCUT2D eigenvalue weighted by Gasteiger charge is 2.46. The minimum atomic E-state index is -0.497. The van der Waals surface area contributed by atoms with E-state index in [2.05, 4.69) is 255 Å². The van der Waals surface area contributed by atoms with Gasteiger partial charge in [0.2, 0.25) is 0 Å². The highest BCUT2D eigenvalue weighted by Crippen LogP contribution is 2.57. The molecule has 14 aromatic rings. The maximum Gasteiger partial charge on any atom is 0.0972 e. The van der Waals surface area contributed by atoms with Crippen molar-refractivity contribution in [2.24, 2.45) is 0 Å². The Kier molecular flexibility index (Phi) is 9.18. The summed E-state index contributed by atoms with van der Waals surface area (Å²) >= 11 is 0. The van der Waals surface area contributed by atoms with Crippen LogP contribution in [0.2, 0.25) is 0 Å². The summed E-state index contributed by atoms with van der Waals surface area (Å²) < 4.78 is 0. The molecule has 15 rings (SSSR count). The average molecular weight is 926 g/mol. The first-order valence-corrected chi connectivity index (χ1v) is 25.1. The zero-order chi connectivity index (χ0) is 48.0. The van der Waals surface area contributed by atoms with E-state index in [4.69, 9.17) is 15.0 Å². The lowest BCUT2D eigenvalue weighted by Crippen LogP contribution is -2.28. The van der Waals surface area contributed by atoms with Crippen LogP contribution in [0.15, 0.2) is 261 Å². The molecule has 0 saturated heterocycles. The molecule has 0 amide bonds. The van der Waals surface area contributed by atoms with Crippen molar-refractivity contribution in [1.82, 2.24) is 15.0 Å². The molecule has 0 aliphatic heterocycles. The molecule has 1 aliphatic rings. The molecule has 1 aliphatic carbocycles. The van der Waals surface area contributed by atoms with E-state index in [1.807, 2.05) is 6.07 Å². The Morgan fingerprint density at radius 2 is 0.836 bits per heavy atom. The molecule has 11 aromatic carbocycles. The molecule has 0 N–H and O–H groups in total. The summed E-state index contributed by atoms with van der Waals surface area (Å²) in [5.41, 5.74) is 18.3. The van der Waals surface area contributed by atoms with E-state index in [1.165, 1.54) is 60.3 Å². The Balaban J connectivity index is 0.849. The van der Waals surface area contributed by atoms with Gasteiger partial charge in [0.25, 0.3) is 0 Å². The summed E-state index contributed by atoms with van der Waals surface area (Å²) in [5, 5.41) is 10.4. The van der Waals surface area contributed by atoms with E-state index in [-0.39, 0.29) is 0 Å². The number of aromatic nitrogens is 3. The van der Waals surface area contributed by atoms with Crippen molar-refractivity contribution in [3.63, 3.8) is 0 Å². The fraction of sp³-hybridized carbons (Fsp3) is 0.0143. The van der Waals surface area contributed by atoms with Crippen molar-refractivity contribution in [1.29, 1.82) is 0 Å². The van der Waals surface area contributed by atoms with Gasteiger partial charge in [-0.05, 0) is 120 Å². The van der Waals surface area contributed by atoms with Crippen molar-refractivity contribution >= 4 is 65.0 Å². The molecule has 0 radical (unpaired) electrons. The van der Waals surface area contributed by atoms with Gasteiger partial charge in [0.1, 0.15) is 0 Å². The van der Waals surface area contributed by atoms with E-state index in [0.29, 0.717) is 0 Å². The lowest BCUT2D eigenvalue weighted by atomic mass is 9.67. The first kappa shape index (κ1) is 41.2. The van der Waals surface area contributed by atoms with Gasteiger partial charge in [0.15, 0.2) is 0 Å². The van der Waals surface area contributed by atoms with Crippen LogP contribution in [-0.4, -0.2) is 15.0 Å². The molecule has 3 nitrogen and oxygen atoms in total. The second kappa shape index (κ2) is 16.2. The van der Waals surface area contributed by atoms with Crippen LogP contribution in [0.1, 0.15) is 22.3 Å². The monoisotopic (exact) mass is 925 g/mol. The van der Waals surface area contributed by atoms with Crippen molar-refractivity contribution in [2.75, 3.05) is 0 Å². The van der Waals surface area contributed by atoms with Crippen molar-refractivity contribution in [3.8, 4) is 56.0 Å². The van der Waals surface area contributed by atoms with Gasteiger partial charge < -0.3 is 0 Å². The third-order valence-electron chi connectivity index (χ3n) is 15.5. The van der Waals surface area contributed by atoms with Gasteiger partial charge in [-0.15, -0.1) is 0 Å². The average Bonchev–Trinajstić information content (AvgIpc) is 3.76. The minimum absolute atomic E-state index is 0.497. The Morgan fingerprint density at radius 1 is 0.260 bits per heavy atom. The predicted octanol–water partition coefficient (Wildman–Crippen LogP) is 17.8. The summed E-state index contributed by atoms with van der Waals surface area (Å²) in [6.07, 6.45) is 0. The standard InChI is InChI=1S/C70H43N3/c1-4-15-45(16-5-1)64-37-34-46-29-30-47-35-38-65(72-69(47)68(46)71-64)51-33-36-55-50(40-51)32-28-44-27-31-49(41-58(44)55)48-17-14-18-52(39-48)67-61-42-60-56-23-10-12-25-62(56)70(53-19-6-2-7-20-53,54-21-8-3-9-22-54)63(60)43-59(61)57-24-11-13-26-66(57)73-67/h1-43H. The molecular weight excluding hydrogens is 883 g/mol. The summed E-state index contributed by atoms with van der Waals surface area (Å²) in [5.74, 6) is 0. The molecule has 3 heteroatoms. The molecule has 0 spiro atoms. The fourth-order valence-electron chi connectivity index (χ4n) is 12.0. The Bertz CT molecular complexity index is 4500. The molecule has 73 heavy (non-hydrogen) atoms. The summed E-state index contributed by atoms with van der Waals surface area (Å²) in [6, 6.07) is 94.9. The number of rotatable bonds is 6. The smallest absolute Gasteiger partial charge is 0.0972 e. The van der Waals surface area contributed by atoms with Crippen molar-refractivity contribution < 1.29 is 0 Å². The molecule has 0 bridgehead atoms. The molecule has 0 saturated carbocycles. The third kappa shape index (κ3) is 6.42. The maximum absolute atomic E-state index is 5.51. The van der Waals surface area contributed by atoms with Crippen LogP contribution in [0.3, 0.4) is 0 Å². The van der Waals surface area contributed by atoms with Crippen LogP contribution >= 0.6 is 0 Å². The number of benzene rings is 11. The van der Waals surface area contributed by atoms with Gasteiger partial charge in [-0.1, -0.05) is 212 Å². The molecule has 0 atom stereocenters. The Morgan fingerprint density at radius 3 is 1.60 bits per heavy atom. The quantitative estimate of drug-likeness (QED) is 0.156. The van der Waals surface area contributed by atoms with Crippen LogP contribution in [-0.2, 0) is 5.41 Å². The molecule has 3 aromatic heterocycles. The van der Waals surface area contributed by atoms with E-state index in [1.54, 1.807) is 0 Å². The SMILES string of the molecule is c1ccc(-c2ccc3ccc4ccc(-c5ccc6c(ccc7ccc(-c8cccc(-c9nc%10ccccc%10c%10cc%11c(cc9%10)-c9ccccc9C%11(c9ccccc9)c9ccccc9)c8)cc76)c5)nc4c3n2)cc1. The molecule has 0 unspecified atom stereocenters. The van der Waals surface area contributed by atoms with Crippen LogP contribution in [0.25, 0.3) is 121 Å². The summed E-state index contributed by atoms with van der Waals surface area (Å²) in [7, 11) is 0. The van der Waals surface area contributed by atoms with Gasteiger partial charge in [0.05, 0.1) is 39.0 Å². The predicted molar refractivity (Wildman–Crippen MR) is 304 cm³/mol. The first-order chi connectivity index (χ1) is 36.2. The van der Waals surface area contributed by atoms with Crippen molar-refractivity contribution in [2.45, 2.75) is 5.41 Å². The normalized spacial score (nSPS) is 12.8. The highest BCUT2D eigenvalue weighted by molar-refractivity contribution is 6.14. The molecular formula is C70H43N3. The third-order valence-corrected chi connectivity index (χ3v) is 15.5. The topological polar surface area (TPSA) is 38.7 Å². The Hall–Kier alpha value is -9.57. The van der Waals surface area contributed by atoms with Crippen LogP contribution in [0.5, 0.6) is 0 Å². The van der Waals surface area contributed by atoms with Crippen LogP contribution in [0, 0.1) is 0 Å². The number of para-hydroxylation sites is 1. The van der Waals surface area contributed by atoms with E-state index in [0.717, 1.165) is 83.0 Å². The minimum Gasteiger partial charge on any atom is -0.247 e. The highest BCUT2D eigenvalue weighted by atomic mass is 14.8. The Labute approximate surface area is 422 Å². The van der Waals surface area contributed by atoms with Gasteiger partial charge in [-0.25, -0.2) is 15.0 Å². The lowest BCUT2D eigenvalue weighted by Gasteiger charge is -2.34. The number of fused-ring (bicyclic) bond motifs is 12. The zero-order valence-electron chi connectivity index (χ0n) is 39.7. The molecule has 0 fully saturated rings. The van der Waals surface area contributed by atoms with Crippen molar-refractivity contribution in [3.05, 3.63) is 283 Å². The van der Waals surface area contributed by atoms with E-state index in [9.17, 15) is 0 Å². The fourth-order valence-corrected chi connectivity index (χ4v) is 12.0. The maximum atomic E-state index is 5.51. The van der Waals surface area contributed by atoms with Gasteiger partial charge >= 0.3 is 0 Å². The van der Waals surface area contributed by atoms with E-state index < -0.39 is 5.41 Å². The lowest BCUT2D eigenvalue weighted by molar-refractivity contribution is 0.769.